The van der Waals surface area contributed by atoms with E-state index in [1.54, 1.807) is 6.33 Å². The predicted octanol–water partition coefficient (Wildman–Crippen LogP) is 8.04. The molecule has 2 N–H and O–H groups in total. The number of carbonyl (C=O) groups excluding carboxylic acids is 2. The molecule has 1 aliphatic carbocycles. The molecule has 2 aromatic heterocycles. The number of carbonyl (C=O) groups is 2. The number of amides is 2. The third kappa shape index (κ3) is 6.00. The molecular weight excluding hydrogens is 674 g/mol. The van der Waals surface area contributed by atoms with Crippen LogP contribution in [-0.2, 0) is 10.2 Å². The summed E-state index contributed by atoms with van der Waals surface area (Å²) in [5, 5.41) is 4.97. The summed E-state index contributed by atoms with van der Waals surface area (Å²) in [6, 6.07) is 8.76. The van der Waals surface area contributed by atoms with Crippen molar-refractivity contribution in [2.75, 3.05) is 29.9 Å². The summed E-state index contributed by atoms with van der Waals surface area (Å²) in [7, 11) is 0. The Morgan fingerprint density at radius 1 is 1.02 bits per heavy atom. The van der Waals surface area contributed by atoms with Crippen molar-refractivity contribution in [3.8, 4) is 11.3 Å². The smallest absolute Gasteiger partial charge is 0.255 e. The lowest BCUT2D eigenvalue weighted by molar-refractivity contribution is -0.123. The molecule has 0 spiro atoms. The third-order valence-electron chi connectivity index (χ3n) is 11.3. The van der Waals surface area contributed by atoms with Crippen molar-refractivity contribution in [1.29, 1.82) is 0 Å². The number of anilines is 3. The zero-order valence-corrected chi connectivity index (χ0v) is 30.4. The largest absolute Gasteiger partial charge is 0.346 e. The van der Waals surface area contributed by atoms with Crippen LogP contribution in [0.4, 0.5) is 34.8 Å². The number of fused-ring (bicyclic) bond motifs is 2. The van der Waals surface area contributed by atoms with Crippen LogP contribution in [0.2, 0.25) is 0 Å². The molecule has 0 unspecified atom stereocenters. The first-order chi connectivity index (χ1) is 24.6. The second kappa shape index (κ2) is 13.2. The van der Waals surface area contributed by atoms with E-state index in [1.807, 2.05) is 61.4 Å². The third-order valence-corrected chi connectivity index (χ3v) is 11.3. The quantitative estimate of drug-likeness (QED) is 0.170. The molecule has 9 nitrogen and oxygen atoms in total. The van der Waals surface area contributed by atoms with Crippen LogP contribution in [0.1, 0.15) is 94.2 Å². The van der Waals surface area contributed by atoms with Gasteiger partial charge in [0.25, 0.3) is 12.3 Å². The zero-order chi connectivity index (χ0) is 37.3. The molecule has 2 aromatic carbocycles. The van der Waals surface area contributed by atoms with Gasteiger partial charge >= 0.3 is 0 Å². The molecular formula is C39H45F4N7O2. The van der Waals surface area contributed by atoms with Crippen LogP contribution >= 0.6 is 0 Å². The number of likely N-dealkylation sites (tertiary alicyclic amines) is 1. The van der Waals surface area contributed by atoms with E-state index < -0.39 is 35.9 Å². The van der Waals surface area contributed by atoms with Gasteiger partial charge in [-0.2, -0.15) is 0 Å². The number of rotatable bonds is 9. The SMILES string of the molecule is Cc1c(C(=O)NCC(F)F)cc(Nc2nc(-c3ccc4c(c3)N(C3CC(C)(N5CCCCC5)C3)C(=O)C4(C)C)cc3ncn(C(C)C)c23)c(F)c1F. The Labute approximate surface area is 300 Å². The van der Waals surface area contributed by atoms with Gasteiger partial charge in [-0.1, -0.05) is 18.6 Å². The molecule has 7 rings (SSSR count). The normalized spacial score (nSPS) is 21.6. The summed E-state index contributed by atoms with van der Waals surface area (Å²) in [5.41, 5.74) is 2.40. The minimum atomic E-state index is -2.81. The van der Waals surface area contributed by atoms with Gasteiger partial charge in [-0.15, -0.1) is 0 Å². The number of halogens is 4. The second-order valence-electron chi connectivity index (χ2n) is 15.6. The molecule has 1 saturated heterocycles. The average Bonchev–Trinajstić information content (AvgIpc) is 3.62. The summed E-state index contributed by atoms with van der Waals surface area (Å²) in [6.45, 7) is 12.6. The maximum atomic E-state index is 15.5. The number of nitrogens with one attached hydrogen (secondary N) is 2. The van der Waals surface area contributed by atoms with Gasteiger partial charge in [-0.3, -0.25) is 14.5 Å². The van der Waals surface area contributed by atoms with Gasteiger partial charge in [0.2, 0.25) is 5.91 Å². The van der Waals surface area contributed by atoms with E-state index in [1.165, 1.54) is 26.2 Å². The monoisotopic (exact) mass is 719 g/mol. The summed E-state index contributed by atoms with van der Waals surface area (Å²) in [6.07, 6.45) is 4.28. The van der Waals surface area contributed by atoms with Gasteiger partial charge in [0, 0.05) is 40.0 Å². The lowest BCUT2D eigenvalue weighted by Crippen LogP contribution is -2.64. The Morgan fingerprint density at radius 2 is 1.73 bits per heavy atom. The van der Waals surface area contributed by atoms with Crippen LogP contribution in [-0.4, -0.2) is 68.9 Å². The highest BCUT2D eigenvalue weighted by Crippen LogP contribution is 2.50. The molecule has 4 aromatic rings. The molecule has 2 amide bonds. The van der Waals surface area contributed by atoms with Gasteiger partial charge in [-0.25, -0.2) is 27.5 Å². The number of aromatic nitrogens is 3. The Bertz CT molecular complexity index is 2070. The van der Waals surface area contributed by atoms with Crippen LogP contribution in [0.5, 0.6) is 0 Å². The topological polar surface area (TPSA) is 95.4 Å². The Balaban J connectivity index is 1.28. The van der Waals surface area contributed by atoms with E-state index in [0.29, 0.717) is 22.3 Å². The molecule has 13 heteroatoms. The summed E-state index contributed by atoms with van der Waals surface area (Å²) >= 11 is 0. The first kappa shape index (κ1) is 35.9. The highest BCUT2D eigenvalue weighted by atomic mass is 19.3. The number of nitrogens with zero attached hydrogens (tertiary/aromatic N) is 5. The van der Waals surface area contributed by atoms with Crippen molar-refractivity contribution >= 4 is 40.0 Å². The highest BCUT2D eigenvalue weighted by molar-refractivity contribution is 6.09. The number of hydrogen-bond acceptors (Lipinski definition) is 6. The minimum Gasteiger partial charge on any atom is -0.346 e. The number of hydrogen-bond donors (Lipinski definition) is 2. The van der Waals surface area contributed by atoms with Crippen LogP contribution in [0, 0.1) is 18.6 Å². The molecule has 0 radical (unpaired) electrons. The fraction of sp³-hybridized carbons (Fsp3) is 0.487. The van der Waals surface area contributed by atoms with Gasteiger partial charge in [0.15, 0.2) is 17.5 Å². The number of benzene rings is 2. The first-order valence-electron chi connectivity index (χ1n) is 18.0. The van der Waals surface area contributed by atoms with Gasteiger partial charge < -0.3 is 20.1 Å². The fourth-order valence-electron chi connectivity index (χ4n) is 8.26. The highest BCUT2D eigenvalue weighted by Gasteiger charge is 2.54. The van der Waals surface area contributed by atoms with Crippen molar-refractivity contribution in [3.05, 3.63) is 65.0 Å². The lowest BCUT2D eigenvalue weighted by Gasteiger charge is -2.55. The minimum absolute atomic E-state index is 0.0620. The van der Waals surface area contributed by atoms with Crippen LogP contribution < -0.4 is 15.5 Å². The van der Waals surface area contributed by atoms with Crippen molar-refractivity contribution in [2.45, 2.75) is 103 Å². The van der Waals surface area contributed by atoms with Crippen molar-refractivity contribution in [1.82, 2.24) is 24.8 Å². The van der Waals surface area contributed by atoms with Crippen LogP contribution in [0.15, 0.2) is 36.7 Å². The molecule has 4 heterocycles. The molecule has 2 fully saturated rings. The number of piperidine rings is 1. The maximum absolute atomic E-state index is 15.5. The molecule has 3 aliphatic rings. The molecule has 276 valence electrons. The number of imidazole rings is 1. The van der Waals surface area contributed by atoms with Gasteiger partial charge in [0.1, 0.15) is 5.52 Å². The van der Waals surface area contributed by atoms with E-state index in [4.69, 9.17) is 4.98 Å². The lowest BCUT2D eigenvalue weighted by atomic mass is 9.71. The van der Waals surface area contributed by atoms with E-state index in [9.17, 15) is 18.4 Å². The van der Waals surface area contributed by atoms with E-state index >= 15 is 8.78 Å². The van der Waals surface area contributed by atoms with E-state index in [0.717, 1.165) is 43.2 Å². The number of alkyl halides is 2. The van der Waals surface area contributed by atoms with Crippen molar-refractivity contribution < 1.29 is 27.2 Å². The van der Waals surface area contributed by atoms with Crippen molar-refractivity contribution in [2.24, 2.45) is 0 Å². The molecule has 1 saturated carbocycles. The molecule has 0 atom stereocenters. The Hall–Kier alpha value is -4.52. The van der Waals surface area contributed by atoms with E-state index in [-0.39, 0.29) is 46.2 Å². The summed E-state index contributed by atoms with van der Waals surface area (Å²) < 4.78 is 58.3. The fourth-order valence-corrected chi connectivity index (χ4v) is 8.26. The Kier molecular flexibility index (Phi) is 9.07. The molecule has 52 heavy (non-hydrogen) atoms. The summed E-state index contributed by atoms with van der Waals surface area (Å²) in [5.74, 6) is -3.26. The molecule has 0 bridgehead atoms. The average molecular weight is 720 g/mol. The van der Waals surface area contributed by atoms with Gasteiger partial charge in [0.05, 0.1) is 35.2 Å². The van der Waals surface area contributed by atoms with Gasteiger partial charge in [-0.05, 0) is 104 Å². The first-order valence-corrected chi connectivity index (χ1v) is 18.0. The van der Waals surface area contributed by atoms with Crippen molar-refractivity contribution in [3.63, 3.8) is 0 Å². The standard InChI is InChI=1S/C39H45F4N7O2/c1-21(2)49-20-45-29-16-27(46-35(34(29)49)47-28-15-25(22(3)32(42)33(28)43)36(51)44-19-31(40)41)23-10-11-26-30(14-23)50(37(52)38(26,4)5)24-17-39(6,18-24)48-12-8-7-9-13-48/h10-11,14-16,20-21,24,31H,7-9,12-13,17-19H2,1-6H3,(H,44,51)(H,46,47). The maximum Gasteiger partial charge on any atom is 0.255 e. The van der Waals surface area contributed by atoms with Crippen LogP contribution in [0.25, 0.3) is 22.3 Å². The van der Waals surface area contributed by atoms with E-state index in [2.05, 4.69) is 27.4 Å². The number of pyridine rings is 1. The molecule has 2 aliphatic heterocycles. The predicted molar refractivity (Wildman–Crippen MR) is 193 cm³/mol. The van der Waals surface area contributed by atoms with Crippen LogP contribution in [0.3, 0.4) is 0 Å². The second-order valence-corrected chi connectivity index (χ2v) is 15.6. The summed E-state index contributed by atoms with van der Waals surface area (Å²) in [4.78, 5) is 40.9. The zero-order valence-electron chi connectivity index (χ0n) is 30.4. The Morgan fingerprint density at radius 3 is 2.40 bits per heavy atom.